The van der Waals surface area contributed by atoms with E-state index in [9.17, 15) is 4.79 Å². The predicted octanol–water partition coefficient (Wildman–Crippen LogP) is 2.08. The summed E-state index contributed by atoms with van der Waals surface area (Å²) in [5.41, 5.74) is 1.08. The summed E-state index contributed by atoms with van der Waals surface area (Å²) >= 11 is 0. The fourth-order valence-corrected chi connectivity index (χ4v) is 2.51. The number of benzene rings is 2. The molecule has 1 amide bonds. The first kappa shape index (κ1) is 15.2. The quantitative estimate of drug-likeness (QED) is 0.887. The van der Waals surface area contributed by atoms with Crippen molar-refractivity contribution in [1.29, 1.82) is 0 Å². The lowest BCUT2D eigenvalue weighted by Gasteiger charge is -2.31. The normalized spacial score (nSPS) is 13.0. The van der Waals surface area contributed by atoms with Gasteiger partial charge in [0.15, 0.2) is 6.61 Å². The monoisotopic (exact) mass is 312 g/mol. The van der Waals surface area contributed by atoms with Crippen molar-refractivity contribution in [3.8, 4) is 11.5 Å². The first-order valence-corrected chi connectivity index (χ1v) is 7.74. The Hall–Kier alpha value is -2.69. The van der Waals surface area contributed by atoms with E-state index in [4.69, 9.17) is 9.47 Å². The molecule has 2 aromatic carbocycles. The molecule has 1 aliphatic rings. The molecule has 0 radical (unpaired) electrons. The van der Waals surface area contributed by atoms with Crippen LogP contribution in [0.3, 0.4) is 0 Å². The van der Waals surface area contributed by atoms with Gasteiger partial charge in [-0.05, 0) is 24.3 Å². The Labute approximate surface area is 135 Å². The molecule has 0 spiro atoms. The van der Waals surface area contributed by atoms with Crippen LogP contribution in [0.25, 0.3) is 0 Å². The maximum absolute atomic E-state index is 11.8. The molecule has 0 bridgehead atoms. The lowest BCUT2D eigenvalue weighted by Crippen LogP contribution is -2.40. The highest BCUT2D eigenvalue weighted by atomic mass is 16.5. The van der Waals surface area contributed by atoms with Gasteiger partial charge < -0.3 is 19.7 Å². The van der Waals surface area contributed by atoms with E-state index in [1.165, 1.54) is 0 Å². The zero-order valence-corrected chi connectivity index (χ0v) is 12.9. The minimum absolute atomic E-state index is 0.0315. The number of para-hydroxylation sites is 3. The van der Waals surface area contributed by atoms with Gasteiger partial charge in [-0.25, -0.2) is 0 Å². The molecule has 0 saturated heterocycles. The third-order valence-corrected chi connectivity index (χ3v) is 3.64. The van der Waals surface area contributed by atoms with Gasteiger partial charge in [-0.15, -0.1) is 0 Å². The van der Waals surface area contributed by atoms with Crippen LogP contribution in [-0.2, 0) is 4.79 Å². The molecule has 1 aliphatic heterocycles. The largest absolute Gasteiger partial charge is 0.490 e. The second-order valence-electron chi connectivity index (χ2n) is 5.25. The van der Waals surface area contributed by atoms with Crippen LogP contribution >= 0.6 is 0 Å². The predicted molar refractivity (Wildman–Crippen MR) is 89.1 cm³/mol. The summed E-state index contributed by atoms with van der Waals surface area (Å²) in [5.74, 6) is 1.48. The smallest absolute Gasteiger partial charge is 0.258 e. The standard InChI is InChI=1S/C18H20N2O3/c21-18(14-23-15-6-2-1-3-7-15)19-10-11-20-12-13-22-17-9-5-4-8-16(17)20/h1-9H,10-14H2,(H,19,21). The number of amides is 1. The van der Waals surface area contributed by atoms with Gasteiger partial charge in [0.1, 0.15) is 18.1 Å². The summed E-state index contributed by atoms with van der Waals surface area (Å²) in [4.78, 5) is 14.0. The maximum atomic E-state index is 11.8. The highest BCUT2D eigenvalue weighted by Gasteiger charge is 2.16. The van der Waals surface area contributed by atoms with Crippen molar-refractivity contribution in [2.75, 3.05) is 37.7 Å². The van der Waals surface area contributed by atoms with Crippen molar-refractivity contribution >= 4 is 11.6 Å². The second-order valence-corrected chi connectivity index (χ2v) is 5.25. The van der Waals surface area contributed by atoms with Crippen molar-refractivity contribution in [3.05, 3.63) is 54.6 Å². The van der Waals surface area contributed by atoms with Crippen LogP contribution in [0, 0.1) is 0 Å². The number of ether oxygens (including phenoxy) is 2. The van der Waals surface area contributed by atoms with Gasteiger partial charge in [0.25, 0.3) is 5.91 Å². The van der Waals surface area contributed by atoms with Crippen molar-refractivity contribution in [3.63, 3.8) is 0 Å². The molecule has 0 aromatic heterocycles. The number of rotatable bonds is 6. The third kappa shape index (κ3) is 4.16. The van der Waals surface area contributed by atoms with Crippen molar-refractivity contribution < 1.29 is 14.3 Å². The average molecular weight is 312 g/mol. The Morgan fingerprint density at radius 3 is 2.78 bits per heavy atom. The molecule has 0 atom stereocenters. The first-order chi connectivity index (χ1) is 11.3. The van der Waals surface area contributed by atoms with Crippen molar-refractivity contribution in [2.45, 2.75) is 0 Å². The number of carbonyl (C=O) groups excluding carboxylic acids is 1. The van der Waals surface area contributed by atoms with Gasteiger partial charge in [-0.1, -0.05) is 30.3 Å². The van der Waals surface area contributed by atoms with Gasteiger partial charge in [0, 0.05) is 13.1 Å². The highest BCUT2D eigenvalue weighted by molar-refractivity contribution is 5.77. The fraction of sp³-hybridized carbons (Fsp3) is 0.278. The van der Waals surface area contributed by atoms with Crippen molar-refractivity contribution in [1.82, 2.24) is 5.32 Å². The molecule has 0 unspecified atom stereocenters. The van der Waals surface area contributed by atoms with E-state index in [1.54, 1.807) is 0 Å². The van der Waals surface area contributed by atoms with E-state index >= 15 is 0 Å². The van der Waals surface area contributed by atoms with E-state index < -0.39 is 0 Å². The summed E-state index contributed by atoms with van der Waals surface area (Å²) in [6, 6.07) is 17.3. The summed E-state index contributed by atoms with van der Waals surface area (Å²) in [6.07, 6.45) is 0. The van der Waals surface area contributed by atoms with Crippen LogP contribution < -0.4 is 19.7 Å². The molecule has 23 heavy (non-hydrogen) atoms. The second kappa shape index (κ2) is 7.54. The van der Waals surface area contributed by atoms with Crippen LogP contribution in [0.15, 0.2) is 54.6 Å². The first-order valence-electron chi connectivity index (χ1n) is 7.74. The molecule has 120 valence electrons. The average Bonchev–Trinajstić information content (AvgIpc) is 2.61. The molecule has 3 rings (SSSR count). The SMILES string of the molecule is O=C(COc1ccccc1)NCCN1CCOc2ccccc21. The maximum Gasteiger partial charge on any atom is 0.258 e. The van der Waals surface area contributed by atoms with Gasteiger partial charge >= 0.3 is 0 Å². The van der Waals surface area contributed by atoms with E-state index in [0.717, 1.165) is 24.5 Å². The highest BCUT2D eigenvalue weighted by Crippen LogP contribution is 2.30. The summed E-state index contributed by atoms with van der Waals surface area (Å²) in [6.45, 7) is 2.85. The van der Waals surface area contributed by atoms with Crippen LogP contribution in [-0.4, -0.2) is 38.8 Å². The Bertz CT molecular complexity index is 646. The lowest BCUT2D eigenvalue weighted by molar-refractivity contribution is -0.123. The molecular formula is C18H20N2O3. The van der Waals surface area contributed by atoms with Gasteiger partial charge in [-0.2, -0.15) is 0 Å². The molecule has 1 heterocycles. The van der Waals surface area contributed by atoms with Crippen LogP contribution in [0.4, 0.5) is 5.69 Å². The molecule has 0 saturated carbocycles. The van der Waals surface area contributed by atoms with E-state index in [-0.39, 0.29) is 12.5 Å². The Morgan fingerprint density at radius 1 is 1.13 bits per heavy atom. The number of nitrogens with one attached hydrogen (secondary N) is 1. The van der Waals surface area contributed by atoms with Gasteiger partial charge in [0.05, 0.1) is 12.2 Å². The minimum Gasteiger partial charge on any atom is -0.490 e. The zero-order valence-electron chi connectivity index (χ0n) is 12.9. The number of nitrogens with zero attached hydrogens (tertiary/aromatic N) is 1. The summed E-state index contributed by atoms with van der Waals surface area (Å²) in [7, 11) is 0. The lowest BCUT2D eigenvalue weighted by atomic mass is 10.2. The number of hydrogen-bond donors (Lipinski definition) is 1. The van der Waals surface area contributed by atoms with Gasteiger partial charge in [-0.3, -0.25) is 4.79 Å². The molecule has 5 heteroatoms. The number of carbonyl (C=O) groups is 1. The Balaban J connectivity index is 1.42. The zero-order chi connectivity index (χ0) is 15.9. The third-order valence-electron chi connectivity index (χ3n) is 3.64. The number of anilines is 1. The van der Waals surface area contributed by atoms with Crippen LogP contribution in [0.5, 0.6) is 11.5 Å². The molecule has 2 aromatic rings. The summed E-state index contributed by atoms with van der Waals surface area (Å²) in [5, 5.41) is 2.88. The Morgan fingerprint density at radius 2 is 1.91 bits per heavy atom. The molecule has 0 fully saturated rings. The van der Waals surface area contributed by atoms with Crippen LogP contribution in [0.1, 0.15) is 0 Å². The Kier molecular flexibility index (Phi) is 4.99. The molecule has 1 N–H and O–H groups in total. The fourth-order valence-electron chi connectivity index (χ4n) is 2.51. The molecule has 5 nitrogen and oxygen atoms in total. The van der Waals surface area contributed by atoms with Gasteiger partial charge in [0.2, 0.25) is 0 Å². The number of fused-ring (bicyclic) bond motifs is 1. The number of hydrogen-bond acceptors (Lipinski definition) is 4. The summed E-state index contributed by atoms with van der Waals surface area (Å²) < 4.78 is 11.0. The van der Waals surface area contributed by atoms with Crippen LogP contribution in [0.2, 0.25) is 0 Å². The minimum atomic E-state index is -0.115. The molecule has 0 aliphatic carbocycles. The van der Waals surface area contributed by atoms with E-state index in [1.807, 2.05) is 54.6 Å². The van der Waals surface area contributed by atoms with E-state index in [2.05, 4.69) is 10.2 Å². The van der Waals surface area contributed by atoms with E-state index in [0.29, 0.717) is 18.9 Å². The topological polar surface area (TPSA) is 50.8 Å². The molecular weight excluding hydrogens is 292 g/mol. The van der Waals surface area contributed by atoms with Crippen molar-refractivity contribution in [2.24, 2.45) is 0 Å².